The first kappa shape index (κ1) is 89.1. The van der Waals surface area contributed by atoms with Gasteiger partial charge in [-0.3, -0.25) is 76.7 Å². The van der Waals surface area contributed by atoms with E-state index < -0.39 is 241 Å². The Morgan fingerprint density at radius 3 is 1.33 bits per heavy atom. The summed E-state index contributed by atoms with van der Waals surface area (Å²) in [4.78, 5) is 225. The van der Waals surface area contributed by atoms with Gasteiger partial charge < -0.3 is 106 Å². The largest absolute Gasteiger partial charge is 0.508 e. The van der Waals surface area contributed by atoms with E-state index >= 15 is 0 Å². The monoisotopic (exact) mass is 1540 g/mol. The number of aromatic hydroxyl groups is 1. The third-order valence-electron chi connectivity index (χ3n) is 14.9. The summed E-state index contributed by atoms with van der Waals surface area (Å²) in [6, 6.07) is -14.7. The summed E-state index contributed by atoms with van der Waals surface area (Å²) in [7, 11) is 0. The van der Waals surface area contributed by atoms with Gasteiger partial charge in [0, 0.05) is 60.3 Å². The van der Waals surface area contributed by atoms with Crippen molar-refractivity contribution in [2.45, 2.75) is 163 Å². The summed E-state index contributed by atoms with van der Waals surface area (Å²) in [5.41, 5.74) is 11.6. The molecule has 0 radical (unpaired) electrons. The molecule has 2 rings (SSSR count). The van der Waals surface area contributed by atoms with E-state index in [1.54, 1.807) is 13.8 Å². The minimum atomic E-state index is -1.84. The molecule has 37 nitrogen and oxygen atoms in total. The van der Waals surface area contributed by atoms with E-state index in [-0.39, 0.29) is 61.2 Å². The van der Waals surface area contributed by atoms with Gasteiger partial charge in [-0.15, -0.1) is 0 Å². The first-order chi connectivity index (χ1) is 47.4. The second-order valence-corrected chi connectivity index (χ2v) is 25.6. The van der Waals surface area contributed by atoms with Crippen LogP contribution in [0.1, 0.15) is 77.7 Å². The molecule has 101 heavy (non-hydrogen) atoms. The van der Waals surface area contributed by atoms with Crippen LogP contribution in [-0.2, 0) is 87.9 Å². The lowest BCUT2D eigenvalue weighted by Gasteiger charge is -2.30. The number of thiol groups is 6. The summed E-state index contributed by atoms with van der Waals surface area (Å²) in [5.74, 6) is -21.4. The number of aliphatic hydroxyl groups excluding tert-OH is 1. The molecule has 0 spiro atoms. The van der Waals surface area contributed by atoms with Crippen LogP contribution in [0, 0.1) is 5.92 Å². The summed E-state index contributed by atoms with van der Waals surface area (Å²) in [6.45, 7) is 3.38. The molecule has 1 aliphatic heterocycles. The van der Waals surface area contributed by atoms with Crippen LogP contribution >= 0.6 is 75.8 Å². The molecule has 0 aromatic heterocycles. The minimum absolute atomic E-state index is 0.0814. The van der Waals surface area contributed by atoms with Crippen molar-refractivity contribution >= 4 is 176 Å². The Hall–Kier alpha value is -7.97. The van der Waals surface area contributed by atoms with Crippen LogP contribution in [0.15, 0.2) is 24.3 Å². The van der Waals surface area contributed by atoms with Gasteiger partial charge in [-0.25, -0.2) is 4.79 Å². The number of nitrogens with zero attached hydrogens (tertiary/aromatic N) is 1. The number of hydrogen-bond donors (Lipinski definition) is 25. The van der Waals surface area contributed by atoms with Gasteiger partial charge in [-0.1, -0.05) is 26.0 Å². The lowest BCUT2D eigenvalue weighted by atomic mass is 10.0. The summed E-state index contributed by atoms with van der Waals surface area (Å²) in [6.07, 6.45) is -5.35. The number of primary amides is 1. The number of carbonyl (C=O) groups excluding carboxylic acids is 14. The first-order valence-electron chi connectivity index (χ1n) is 31.2. The maximum Gasteiger partial charge on any atom is 0.326 e. The fourth-order valence-corrected chi connectivity index (χ4v) is 10.9. The number of nitrogens with one attached hydrogen (secondary N) is 12. The van der Waals surface area contributed by atoms with Gasteiger partial charge in [-0.2, -0.15) is 75.8 Å². The average molecular weight is 1540 g/mol. The maximum atomic E-state index is 14.3. The number of phenols is 1. The van der Waals surface area contributed by atoms with Crippen molar-refractivity contribution in [2.24, 2.45) is 17.4 Å². The summed E-state index contributed by atoms with van der Waals surface area (Å²) < 4.78 is 0. The molecule has 0 saturated carbocycles. The summed E-state index contributed by atoms with van der Waals surface area (Å²) in [5, 5.41) is 76.6. The highest BCUT2D eigenvalue weighted by Crippen LogP contribution is 2.21. The van der Waals surface area contributed by atoms with E-state index in [9.17, 15) is 107 Å². The van der Waals surface area contributed by atoms with Crippen LogP contribution in [-0.4, -0.2) is 263 Å². The Morgan fingerprint density at radius 2 is 0.901 bits per heavy atom. The van der Waals surface area contributed by atoms with E-state index in [1.165, 1.54) is 24.3 Å². The van der Waals surface area contributed by atoms with Crippen LogP contribution in [0.3, 0.4) is 0 Å². The Labute approximate surface area is 612 Å². The number of benzene rings is 1. The smallest absolute Gasteiger partial charge is 0.326 e. The average Bonchev–Trinajstić information content (AvgIpc) is 1.74. The van der Waals surface area contributed by atoms with Crippen LogP contribution in [0.2, 0.25) is 0 Å². The Kier molecular flexibility index (Phi) is 39.8. The summed E-state index contributed by atoms with van der Waals surface area (Å²) >= 11 is 24.5. The standard InChI is InChI=1S/C58H89N15O22S6/c1-25(2)15-32(65-47(83)30(10-12-43(78)79)63-51(87)36(21-98)68-46(82)29(59)19-96)49(85)70-38(23-100)53(89)71-37(22-99)52(88)66-33(17-41(60)76)57(93)73-14-4-5-40(73)55(91)64-31(11-13-44(80)81)48(84)69-39(24-101)54(90)72-45(26(3)74)56(92)61-18-42(77)62-35(20-97)50(86)67-34(58(94)95)16-27-6-8-28(75)9-7-27/h6-9,25-26,29-40,45,74-75,96-101H,4-5,10-24,59H2,1-3H3,(H2,60,76)(H,61,92)(H,62,77)(H,63,87)(H,64,91)(H,65,83)(H,66,88)(H,67,86)(H,68,82)(H,69,84)(H,70,85)(H,71,89)(H,72,90)(H,78,79)(H,80,81)(H,94,95)/t26-,29+,30+,31+,32+,33+,34+,35+,36+,37+,38+,39+,40+,45+/m1/s1. The Bertz CT molecular complexity index is 3130. The molecular formula is C58H89N15O22S6. The van der Waals surface area contributed by atoms with Gasteiger partial charge in [-0.05, 0) is 62.6 Å². The van der Waals surface area contributed by atoms with E-state index in [0.29, 0.717) is 5.56 Å². The van der Waals surface area contributed by atoms with Gasteiger partial charge in [0.05, 0.1) is 25.1 Å². The fourth-order valence-electron chi connectivity index (χ4n) is 9.44. The molecule has 43 heteroatoms. The molecule has 1 heterocycles. The van der Waals surface area contributed by atoms with Crippen LogP contribution in [0.4, 0.5) is 0 Å². The number of carbonyl (C=O) groups is 17. The maximum absolute atomic E-state index is 14.3. The van der Waals surface area contributed by atoms with E-state index in [4.69, 9.17) is 11.5 Å². The Morgan fingerprint density at radius 1 is 0.505 bits per heavy atom. The molecule has 21 N–H and O–H groups in total. The molecule has 1 aromatic rings. The van der Waals surface area contributed by atoms with Crippen molar-refractivity contribution in [2.75, 3.05) is 47.6 Å². The third-order valence-corrected chi connectivity index (χ3v) is 17.1. The van der Waals surface area contributed by atoms with Crippen LogP contribution in [0.5, 0.6) is 5.75 Å². The first-order valence-corrected chi connectivity index (χ1v) is 35.0. The van der Waals surface area contributed by atoms with Crippen LogP contribution in [0.25, 0.3) is 0 Å². The number of aliphatic hydroxyl groups is 1. The Balaban J connectivity index is 2.24. The topological polar surface area (TPSA) is 591 Å². The van der Waals surface area contributed by atoms with Crippen molar-refractivity contribution in [1.29, 1.82) is 0 Å². The number of aliphatic carboxylic acids is 3. The van der Waals surface area contributed by atoms with Gasteiger partial charge in [0.1, 0.15) is 78.3 Å². The molecule has 14 atom stereocenters. The predicted octanol–water partition coefficient (Wildman–Crippen LogP) is -7.60. The van der Waals surface area contributed by atoms with E-state index in [1.807, 2.05) is 0 Å². The molecule has 1 aromatic carbocycles. The van der Waals surface area contributed by atoms with E-state index in [0.717, 1.165) is 11.8 Å². The number of carboxylic acids is 3. The number of carboxylic acid groups (broad SMARTS) is 3. The fraction of sp³-hybridized carbons (Fsp3) is 0.603. The molecule has 1 saturated heterocycles. The second kappa shape index (κ2) is 45.1. The number of nitrogens with two attached hydrogens (primary N) is 2. The van der Waals surface area contributed by atoms with Crippen molar-refractivity contribution in [3.63, 3.8) is 0 Å². The van der Waals surface area contributed by atoms with Crippen molar-refractivity contribution in [1.82, 2.24) is 68.7 Å². The van der Waals surface area contributed by atoms with Gasteiger partial charge in [0.2, 0.25) is 82.7 Å². The number of rotatable bonds is 45. The van der Waals surface area contributed by atoms with Crippen molar-refractivity contribution in [3.05, 3.63) is 29.8 Å². The zero-order valence-corrected chi connectivity index (χ0v) is 60.3. The molecule has 0 bridgehead atoms. The molecular weight excluding hydrogens is 1450 g/mol. The number of hydrogen-bond acceptors (Lipinski definition) is 26. The lowest BCUT2D eigenvalue weighted by molar-refractivity contribution is -0.143. The highest BCUT2D eigenvalue weighted by atomic mass is 32.1. The normalized spacial score (nSPS) is 16.4. The molecule has 1 aliphatic rings. The van der Waals surface area contributed by atoms with Gasteiger partial charge in [0.25, 0.3) is 0 Å². The molecule has 564 valence electrons. The third kappa shape index (κ3) is 31.0. The van der Waals surface area contributed by atoms with Crippen molar-refractivity contribution < 1.29 is 107 Å². The van der Waals surface area contributed by atoms with Crippen LogP contribution < -0.4 is 75.3 Å². The van der Waals surface area contributed by atoms with Crippen molar-refractivity contribution in [3.8, 4) is 5.75 Å². The number of amides is 14. The molecule has 0 aliphatic carbocycles. The van der Waals surface area contributed by atoms with Gasteiger partial charge in [0.15, 0.2) is 0 Å². The molecule has 14 amide bonds. The highest BCUT2D eigenvalue weighted by molar-refractivity contribution is 7.81. The number of likely N-dealkylation sites (tertiary alicyclic amines) is 1. The SMILES string of the molecule is CC(C)C[C@H](NC(=O)[C@H](CCC(=O)O)NC(=O)[C@H](CS)NC(=O)[C@@H](N)CS)C(=O)N[C@@H](CS)C(=O)N[C@@H](CS)C(=O)N[C@@H](CC(N)=O)C(=O)N1CCC[C@H]1C(=O)N[C@@H](CCC(=O)O)C(=O)N[C@@H](CS)C(=O)N[C@H](C(=O)NCC(=O)N[C@@H](CS)C(=O)N[C@@H](Cc1ccc(O)cc1)C(=O)O)[C@@H](C)O. The number of phenolic OH excluding ortho intramolecular Hbond substituents is 1. The quantitative estimate of drug-likeness (QED) is 0.0270. The predicted molar refractivity (Wildman–Crippen MR) is 378 cm³/mol. The highest BCUT2D eigenvalue weighted by Gasteiger charge is 2.42. The van der Waals surface area contributed by atoms with E-state index in [2.05, 4.69) is 140 Å². The lowest BCUT2D eigenvalue weighted by Crippen LogP contribution is -2.61. The zero-order chi connectivity index (χ0) is 76.5. The minimum Gasteiger partial charge on any atom is -0.508 e. The zero-order valence-electron chi connectivity index (χ0n) is 55.0. The molecule has 0 unspecified atom stereocenters. The molecule has 1 fully saturated rings. The second-order valence-electron chi connectivity index (χ2n) is 23.4. The van der Waals surface area contributed by atoms with Gasteiger partial charge >= 0.3 is 17.9 Å².